The second kappa shape index (κ2) is 5.67. The number of hydrogen-bond acceptors (Lipinski definition) is 5. The molecule has 0 aliphatic rings. The summed E-state index contributed by atoms with van der Waals surface area (Å²) in [5.74, 6) is -0.966. The van der Waals surface area contributed by atoms with E-state index in [0.29, 0.717) is 11.1 Å². The number of benzene rings is 1. The van der Waals surface area contributed by atoms with E-state index in [1.807, 2.05) is 17.5 Å². The number of rotatable bonds is 3. The van der Waals surface area contributed by atoms with Gasteiger partial charge in [-0.15, -0.1) is 11.3 Å². The lowest BCUT2D eigenvalue weighted by Gasteiger charge is -2.06. The highest BCUT2D eigenvalue weighted by atomic mass is 32.1. The van der Waals surface area contributed by atoms with Crippen LogP contribution in [0.1, 0.15) is 20.7 Å². The summed E-state index contributed by atoms with van der Waals surface area (Å²) in [6.45, 7) is 0. The van der Waals surface area contributed by atoms with E-state index >= 15 is 0 Å². The van der Waals surface area contributed by atoms with Gasteiger partial charge in [0.05, 0.1) is 25.3 Å². The van der Waals surface area contributed by atoms with Crippen molar-refractivity contribution >= 4 is 23.3 Å². The predicted octanol–water partition coefficient (Wildman–Crippen LogP) is 2.99. The predicted molar refractivity (Wildman–Crippen MR) is 72.4 cm³/mol. The second-order valence-corrected chi connectivity index (χ2v) is 4.71. The Hall–Kier alpha value is -2.14. The largest absolute Gasteiger partial charge is 0.465 e. The summed E-state index contributed by atoms with van der Waals surface area (Å²) >= 11 is 1.53. The van der Waals surface area contributed by atoms with Gasteiger partial charge in [-0.25, -0.2) is 9.59 Å². The molecule has 1 heterocycles. The first-order valence-electron chi connectivity index (χ1n) is 5.51. The molecule has 19 heavy (non-hydrogen) atoms. The molecule has 0 saturated carbocycles. The van der Waals surface area contributed by atoms with Crippen molar-refractivity contribution in [3.63, 3.8) is 0 Å². The Morgan fingerprint density at radius 1 is 1.00 bits per heavy atom. The van der Waals surface area contributed by atoms with Gasteiger partial charge >= 0.3 is 11.9 Å². The van der Waals surface area contributed by atoms with Crippen molar-refractivity contribution in [2.45, 2.75) is 0 Å². The van der Waals surface area contributed by atoms with Crippen LogP contribution in [0.15, 0.2) is 35.7 Å². The smallest absolute Gasteiger partial charge is 0.337 e. The number of carbonyl (C=O) groups is 2. The van der Waals surface area contributed by atoms with Gasteiger partial charge in [0, 0.05) is 4.88 Å². The van der Waals surface area contributed by atoms with Gasteiger partial charge in [-0.2, -0.15) is 0 Å². The van der Waals surface area contributed by atoms with Gasteiger partial charge in [0.15, 0.2) is 0 Å². The molecule has 0 saturated heterocycles. The minimum Gasteiger partial charge on any atom is -0.465 e. The first-order valence-corrected chi connectivity index (χ1v) is 6.39. The third-order valence-electron chi connectivity index (χ3n) is 2.58. The van der Waals surface area contributed by atoms with E-state index in [2.05, 4.69) is 9.47 Å². The van der Waals surface area contributed by atoms with Crippen molar-refractivity contribution < 1.29 is 19.1 Å². The fourth-order valence-corrected chi connectivity index (χ4v) is 2.40. The SMILES string of the molecule is COC(=O)c1cc(C(=O)OC)cc(-c2cccs2)c1. The highest BCUT2D eigenvalue weighted by Crippen LogP contribution is 2.27. The molecule has 98 valence electrons. The molecule has 0 aliphatic carbocycles. The Bertz CT molecular complexity index is 568. The van der Waals surface area contributed by atoms with Crippen LogP contribution in [-0.4, -0.2) is 26.2 Å². The van der Waals surface area contributed by atoms with E-state index < -0.39 is 11.9 Å². The first-order chi connectivity index (χ1) is 9.15. The van der Waals surface area contributed by atoms with E-state index in [4.69, 9.17) is 0 Å². The van der Waals surface area contributed by atoms with Crippen LogP contribution in [0.3, 0.4) is 0 Å². The molecular formula is C14H12O4S. The highest BCUT2D eigenvalue weighted by molar-refractivity contribution is 7.13. The zero-order chi connectivity index (χ0) is 13.8. The number of methoxy groups -OCH3 is 2. The summed E-state index contributed by atoms with van der Waals surface area (Å²) < 4.78 is 9.38. The van der Waals surface area contributed by atoms with Gasteiger partial charge in [0.1, 0.15) is 0 Å². The van der Waals surface area contributed by atoms with E-state index in [0.717, 1.165) is 10.4 Å². The monoisotopic (exact) mass is 276 g/mol. The normalized spacial score (nSPS) is 10.0. The lowest BCUT2D eigenvalue weighted by Crippen LogP contribution is -2.06. The lowest BCUT2D eigenvalue weighted by molar-refractivity contribution is 0.0599. The third-order valence-corrected chi connectivity index (χ3v) is 3.50. The van der Waals surface area contributed by atoms with Gasteiger partial charge < -0.3 is 9.47 Å². The van der Waals surface area contributed by atoms with Gasteiger partial charge in [-0.1, -0.05) is 6.07 Å². The average molecular weight is 276 g/mol. The molecule has 0 bridgehead atoms. The number of hydrogen-bond donors (Lipinski definition) is 0. The Labute approximate surface area is 114 Å². The molecule has 0 unspecified atom stereocenters. The molecule has 0 aliphatic heterocycles. The maximum atomic E-state index is 11.6. The van der Waals surface area contributed by atoms with Crippen LogP contribution in [0.5, 0.6) is 0 Å². The molecule has 5 heteroatoms. The van der Waals surface area contributed by atoms with Crippen LogP contribution >= 0.6 is 11.3 Å². The van der Waals surface area contributed by atoms with Gasteiger partial charge in [-0.3, -0.25) is 0 Å². The molecule has 2 rings (SSSR count). The van der Waals surface area contributed by atoms with Crippen molar-refractivity contribution in [3.8, 4) is 10.4 Å². The molecule has 0 amide bonds. The third kappa shape index (κ3) is 2.82. The van der Waals surface area contributed by atoms with Crippen molar-refractivity contribution in [2.24, 2.45) is 0 Å². The van der Waals surface area contributed by atoms with Crippen molar-refractivity contribution in [1.82, 2.24) is 0 Å². The van der Waals surface area contributed by atoms with Crippen LogP contribution < -0.4 is 0 Å². The van der Waals surface area contributed by atoms with Crippen molar-refractivity contribution in [3.05, 3.63) is 46.8 Å². The summed E-state index contributed by atoms with van der Waals surface area (Å²) in [5.41, 5.74) is 1.45. The second-order valence-electron chi connectivity index (χ2n) is 3.76. The Morgan fingerprint density at radius 3 is 2.00 bits per heavy atom. The number of ether oxygens (including phenoxy) is 2. The van der Waals surface area contributed by atoms with Crippen molar-refractivity contribution in [2.75, 3.05) is 14.2 Å². The Kier molecular flexibility index (Phi) is 3.97. The highest BCUT2D eigenvalue weighted by Gasteiger charge is 2.14. The number of thiophene rings is 1. The van der Waals surface area contributed by atoms with Gasteiger partial charge in [0.25, 0.3) is 0 Å². The average Bonchev–Trinajstić information content (AvgIpc) is 2.99. The van der Waals surface area contributed by atoms with Gasteiger partial charge in [-0.05, 0) is 35.2 Å². The minimum atomic E-state index is -0.483. The van der Waals surface area contributed by atoms with Crippen molar-refractivity contribution in [1.29, 1.82) is 0 Å². The molecule has 4 nitrogen and oxygen atoms in total. The molecule has 0 N–H and O–H groups in total. The molecule has 0 spiro atoms. The van der Waals surface area contributed by atoms with Crippen LogP contribution in [0.4, 0.5) is 0 Å². The molecule has 0 atom stereocenters. The van der Waals surface area contributed by atoms with Crippen LogP contribution in [0.2, 0.25) is 0 Å². The van der Waals surface area contributed by atoms with E-state index in [-0.39, 0.29) is 0 Å². The Balaban J connectivity index is 2.55. The Morgan fingerprint density at radius 2 is 1.58 bits per heavy atom. The number of carbonyl (C=O) groups excluding carboxylic acids is 2. The fourth-order valence-electron chi connectivity index (χ4n) is 1.68. The topological polar surface area (TPSA) is 52.6 Å². The van der Waals surface area contributed by atoms with Crippen LogP contribution in [-0.2, 0) is 9.47 Å². The van der Waals surface area contributed by atoms with E-state index in [1.165, 1.54) is 31.6 Å². The maximum Gasteiger partial charge on any atom is 0.337 e. The summed E-state index contributed by atoms with van der Waals surface area (Å²) in [6, 6.07) is 8.69. The molecule has 2 aromatic rings. The van der Waals surface area contributed by atoms with E-state index in [9.17, 15) is 9.59 Å². The molecule has 1 aromatic carbocycles. The standard InChI is InChI=1S/C14H12O4S/c1-17-13(15)10-6-9(12-4-3-5-19-12)7-11(8-10)14(16)18-2/h3-8H,1-2H3. The lowest BCUT2D eigenvalue weighted by atomic mass is 10.0. The zero-order valence-electron chi connectivity index (χ0n) is 10.5. The van der Waals surface area contributed by atoms with Crippen LogP contribution in [0, 0.1) is 0 Å². The van der Waals surface area contributed by atoms with Gasteiger partial charge in [0.2, 0.25) is 0 Å². The summed E-state index contributed by atoms with van der Waals surface area (Å²) in [5, 5.41) is 1.93. The molecule has 0 fully saturated rings. The number of esters is 2. The molecular weight excluding hydrogens is 264 g/mol. The van der Waals surface area contributed by atoms with Crippen LogP contribution in [0.25, 0.3) is 10.4 Å². The first kappa shape index (κ1) is 13.3. The zero-order valence-corrected chi connectivity index (χ0v) is 11.3. The summed E-state index contributed by atoms with van der Waals surface area (Å²) in [7, 11) is 2.61. The summed E-state index contributed by atoms with van der Waals surface area (Å²) in [6.07, 6.45) is 0. The molecule has 0 radical (unpaired) electrons. The summed E-state index contributed by atoms with van der Waals surface area (Å²) in [4.78, 5) is 24.2. The maximum absolute atomic E-state index is 11.6. The minimum absolute atomic E-state index is 0.328. The molecule has 1 aromatic heterocycles. The van der Waals surface area contributed by atoms with E-state index in [1.54, 1.807) is 12.1 Å². The fraction of sp³-hybridized carbons (Fsp3) is 0.143. The quantitative estimate of drug-likeness (QED) is 0.809.